The number of fused-ring (bicyclic) bond motifs is 1. The SMILES string of the molecule is CN(C)CCOc1ccc(NC(=O)[C@@H](c2ccccc2)N2Cc3ccccc3C2=O)cc1. The van der Waals surface area contributed by atoms with Gasteiger partial charge in [0.15, 0.2) is 0 Å². The quantitative estimate of drug-likeness (QED) is 0.589. The van der Waals surface area contributed by atoms with Gasteiger partial charge in [0.1, 0.15) is 18.4 Å². The number of hydrogen-bond donors (Lipinski definition) is 1. The molecule has 0 fully saturated rings. The van der Waals surface area contributed by atoms with Crippen LogP contribution in [0.15, 0.2) is 78.9 Å². The van der Waals surface area contributed by atoms with Gasteiger partial charge in [-0.1, -0.05) is 48.5 Å². The average molecular weight is 430 g/mol. The number of carbonyl (C=O) groups excluding carboxylic acids is 2. The standard InChI is InChI=1S/C26H27N3O3/c1-28(2)16-17-32-22-14-12-21(13-15-22)27-25(30)24(19-8-4-3-5-9-19)29-18-20-10-6-7-11-23(20)26(29)31/h3-15,24H,16-18H2,1-2H3,(H,27,30)/t24-/m1/s1. The van der Waals surface area contributed by atoms with Crippen LogP contribution in [-0.4, -0.2) is 48.9 Å². The van der Waals surface area contributed by atoms with Crippen LogP contribution in [0.3, 0.4) is 0 Å². The largest absolute Gasteiger partial charge is 0.492 e. The zero-order valence-electron chi connectivity index (χ0n) is 18.3. The summed E-state index contributed by atoms with van der Waals surface area (Å²) >= 11 is 0. The summed E-state index contributed by atoms with van der Waals surface area (Å²) in [4.78, 5) is 30.2. The van der Waals surface area contributed by atoms with Crippen molar-refractivity contribution in [3.05, 3.63) is 95.6 Å². The van der Waals surface area contributed by atoms with Gasteiger partial charge in [-0.25, -0.2) is 0 Å². The summed E-state index contributed by atoms with van der Waals surface area (Å²) in [6, 6.07) is 23.5. The van der Waals surface area contributed by atoms with Crippen molar-refractivity contribution >= 4 is 17.5 Å². The third-order valence-corrected chi connectivity index (χ3v) is 5.45. The molecule has 0 aliphatic carbocycles. The Morgan fingerprint density at radius 2 is 1.69 bits per heavy atom. The maximum absolute atomic E-state index is 13.4. The lowest BCUT2D eigenvalue weighted by molar-refractivity contribution is -0.120. The van der Waals surface area contributed by atoms with Gasteiger partial charge in [-0.15, -0.1) is 0 Å². The zero-order valence-corrected chi connectivity index (χ0v) is 18.3. The Labute approximate surface area is 188 Å². The van der Waals surface area contributed by atoms with Crippen molar-refractivity contribution in [2.75, 3.05) is 32.6 Å². The molecular weight excluding hydrogens is 402 g/mol. The Bertz CT molecular complexity index is 1080. The van der Waals surface area contributed by atoms with Crippen molar-refractivity contribution in [2.45, 2.75) is 12.6 Å². The number of amides is 2. The molecule has 2 amide bonds. The van der Waals surface area contributed by atoms with Gasteiger partial charge < -0.3 is 19.9 Å². The van der Waals surface area contributed by atoms with Gasteiger partial charge >= 0.3 is 0 Å². The zero-order chi connectivity index (χ0) is 22.5. The van der Waals surface area contributed by atoms with Gasteiger partial charge in [-0.3, -0.25) is 9.59 Å². The molecule has 3 aromatic carbocycles. The summed E-state index contributed by atoms with van der Waals surface area (Å²) in [5, 5.41) is 2.97. The highest BCUT2D eigenvalue weighted by Gasteiger charge is 2.37. The topological polar surface area (TPSA) is 61.9 Å². The normalized spacial score (nSPS) is 13.7. The molecule has 1 N–H and O–H groups in total. The molecule has 1 heterocycles. The van der Waals surface area contributed by atoms with Crippen LogP contribution in [0, 0.1) is 0 Å². The molecule has 4 rings (SSSR count). The second kappa shape index (κ2) is 9.66. The van der Waals surface area contributed by atoms with E-state index >= 15 is 0 Å². The number of likely N-dealkylation sites (N-methyl/N-ethyl adjacent to an activating group) is 1. The van der Waals surface area contributed by atoms with Crippen molar-refractivity contribution in [2.24, 2.45) is 0 Å². The van der Waals surface area contributed by atoms with E-state index in [0.29, 0.717) is 24.4 Å². The molecule has 1 aliphatic heterocycles. The minimum absolute atomic E-state index is 0.130. The molecule has 3 aromatic rings. The van der Waals surface area contributed by atoms with E-state index in [9.17, 15) is 9.59 Å². The van der Waals surface area contributed by atoms with Crippen LogP contribution in [0.2, 0.25) is 0 Å². The Kier molecular flexibility index (Phi) is 6.52. The van der Waals surface area contributed by atoms with Gasteiger partial charge in [0.05, 0.1) is 0 Å². The number of nitrogens with one attached hydrogen (secondary N) is 1. The predicted molar refractivity (Wildman–Crippen MR) is 125 cm³/mol. The molecule has 1 atom stereocenters. The number of hydrogen-bond acceptors (Lipinski definition) is 4. The van der Waals surface area contributed by atoms with Gasteiger partial charge in [0.2, 0.25) is 0 Å². The first-order valence-electron chi connectivity index (χ1n) is 10.7. The molecule has 32 heavy (non-hydrogen) atoms. The number of carbonyl (C=O) groups is 2. The Balaban J connectivity index is 1.51. The molecule has 0 saturated carbocycles. The van der Waals surface area contributed by atoms with Crippen LogP contribution in [0.4, 0.5) is 5.69 Å². The van der Waals surface area contributed by atoms with Crippen molar-refractivity contribution in [1.29, 1.82) is 0 Å². The summed E-state index contributed by atoms with van der Waals surface area (Å²) in [6.45, 7) is 1.82. The first-order chi connectivity index (χ1) is 15.5. The number of benzene rings is 3. The highest BCUT2D eigenvalue weighted by molar-refractivity contribution is 6.03. The smallest absolute Gasteiger partial charge is 0.255 e. The van der Waals surface area contributed by atoms with E-state index in [2.05, 4.69) is 10.2 Å². The van der Waals surface area contributed by atoms with Crippen molar-refractivity contribution in [1.82, 2.24) is 9.80 Å². The highest BCUT2D eigenvalue weighted by atomic mass is 16.5. The summed E-state index contributed by atoms with van der Waals surface area (Å²) < 4.78 is 5.72. The lowest BCUT2D eigenvalue weighted by Crippen LogP contribution is -2.37. The van der Waals surface area contributed by atoms with Crippen LogP contribution in [0.25, 0.3) is 0 Å². The van der Waals surface area contributed by atoms with E-state index in [1.54, 1.807) is 4.90 Å². The van der Waals surface area contributed by atoms with Crippen LogP contribution in [0.1, 0.15) is 27.5 Å². The van der Waals surface area contributed by atoms with E-state index in [1.807, 2.05) is 93.0 Å². The molecule has 164 valence electrons. The average Bonchev–Trinajstić information content (AvgIpc) is 3.12. The summed E-state index contributed by atoms with van der Waals surface area (Å²) in [5.74, 6) is 0.363. The molecular formula is C26H27N3O3. The molecule has 0 saturated heterocycles. The summed E-state index contributed by atoms with van der Waals surface area (Å²) in [5.41, 5.74) is 3.01. The van der Waals surface area contributed by atoms with Crippen LogP contribution >= 0.6 is 0 Å². The van der Waals surface area contributed by atoms with E-state index in [4.69, 9.17) is 4.74 Å². The Morgan fingerprint density at radius 3 is 2.38 bits per heavy atom. The minimum Gasteiger partial charge on any atom is -0.492 e. The second-order valence-electron chi connectivity index (χ2n) is 8.07. The van der Waals surface area contributed by atoms with Gasteiger partial charge in [0.25, 0.3) is 11.8 Å². The van der Waals surface area contributed by atoms with Gasteiger partial charge in [-0.05, 0) is 55.6 Å². The summed E-state index contributed by atoms with van der Waals surface area (Å²) in [6.07, 6.45) is 0. The maximum atomic E-state index is 13.4. The fourth-order valence-electron chi connectivity index (χ4n) is 3.78. The van der Waals surface area contributed by atoms with Crippen LogP contribution in [-0.2, 0) is 11.3 Å². The minimum atomic E-state index is -0.730. The molecule has 0 unspecified atom stereocenters. The molecule has 0 aromatic heterocycles. The molecule has 6 heteroatoms. The Morgan fingerprint density at radius 1 is 1.00 bits per heavy atom. The number of rotatable bonds is 8. The number of anilines is 1. The molecule has 1 aliphatic rings. The van der Waals surface area contributed by atoms with Crippen LogP contribution < -0.4 is 10.1 Å². The first kappa shape index (κ1) is 21.6. The molecule has 0 bridgehead atoms. The lowest BCUT2D eigenvalue weighted by Gasteiger charge is -2.27. The van der Waals surface area contributed by atoms with E-state index in [0.717, 1.165) is 23.4 Å². The van der Waals surface area contributed by atoms with E-state index < -0.39 is 6.04 Å². The van der Waals surface area contributed by atoms with Crippen molar-refractivity contribution < 1.29 is 14.3 Å². The number of nitrogens with zero attached hydrogens (tertiary/aromatic N) is 2. The van der Waals surface area contributed by atoms with E-state index in [-0.39, 0.29) is 11.8 Å². The first-order valence-corrected chi connectivity index (χ1v) is 10.7. The fraction of sp³-hybridized carbons (Fsp3) is 0.231. The molecule has 6 nitrogen and oxygen atoms in total. The second-order valence-corrected chi connectivity index (χ2v) is 8.07. The van der Waals surface area contributed by atoms with Crippen molar-refractivity contribution in [3.8, 4) is 5.75 Å². The van der Waals surface area contributed by atoms with Crippen molar-refractivity contribution in [3.63, 3.8) is 0 Å². The third-order valence-electron chi connectivity index (χ3n) is 5.45. The fourth-order valence-corrected chi connectivity index (χ4v) is 3.78. The van der Waals surface area contributed by atoms with Gasteiger partial charge in [0, 0.05) is 24.3 Å². The third kappa shape index (κ3) is 4.81. The highest BCUT2D eigenvalue weighted by Crippen LogP contribution is 2.32. The molecule has 0 spiro atoms. The number of ether oxygens (including phenoxy) is 1. The molecule has 0 radical (unpaired) electrons. The van der Waals surface area contributed by atoms with Crippen LogP contribution in [0.5, 0.6) is 5.75 Å². The van der Waals surface area contributed by atoms with Gasteiger partial charge in [-0.2, -0.15) is 0 Å². The monoisotopic (exact) mass is 429 g/mol. The van der Waals surface area contributed by atoms with E-state index in [1.165, 1.54) is 0 Å². The summed E-state index contributed by atoms with van der Waals surface area (Å²) in [7, 11) is 3.99. The Hall–Kier alpha value is -3.64. The predicted octanol–water partition coefficient (Wildman–Crippen LogP) is 3.96. The maximum Gasteiger partial charge on any atom is 0.255 e. The lowest BCUT2D eigenvalue weighted by atomic mass is 10.0.